The summed E-state index contributed by atoms with van der Waals surface area (Å²) in [5.74, 6) is 0. The molecule has 0 saturated carbocycles. The average molecular weight is 213 g/mol. The Bertz CT molecular complexity index is 280. The first-order valence-electron chi connectivity index (χ1n) is 4.90. The number of aliphatic hydroxyl groups is 1. The summed E-state index contributed by atoms with van der Waals surface area (Å²) < 4.78 is 5.59. The van der Waals surface area contributed by atoms with Gasteiger partial charge in [-0.1, -0.05) is 0 Å². The number of aliphatic hydroxyl groups excluding tert-OH is 1. The molecular formula is C10H15NO2S. The van der Waals surface area contributed by atoms with Gasteiger partial charge < -0.3 is 9.84 Å². The van der Waals surface area contributed by atoms with Crippen LogP contribution in [0.25, 0.3) is 0 Å². The van der Waals surface area contributed by atoms with Crippen LogP contribution >= 0.6 is 11.3 Å². The maximum absolute atomic E-state index is 10.0. The number of nitrogens with zero attached hydrogens (tertiary/aromatic N) is 1. The minimum absolute atomic E-state index is 0.343. The quantitative estimate of drug-likeness (QED) is 0.829. The summed E-state index contributed by atoms with van der Waals surface area (Å²) in [4.78, 5) is 5.11. The summed E-state index contributed by atoms with van der Waals surface area (Å²) in [6.07, 6.45) is 4.06. The van der Waals surface area contributed by atoms with Gasteiger partial charge in [-0.2, -0.15) is 0 Å². The highest BCUT2D eigenvalue weighted by molar-refractivity contribution is 7.09. The van der Waals surface area contributed by atoms with E-state index >= 15 is 0 Å². The molecule has 0 spiro atoms. The molecule has 1 N–H and O–H groups in total. The smallest absolute Gasteiger partial charge is 0.0916 e. The van der Waals surface area contributed by atoms with Gasteiger partial charge in [-0.05, 0) is 19.8 Å². The predicted molar refractivity (Wildman–Crippen MR) is 55.4 cm³/mol. The van der Waals surface area contributed by atoms with Crippen LogP contribution in [0.3, 0.4) is 0 Å². The standard InChI is InChI=1S/C10H15NO2S/c1-10(3-2-4-13-10)9(12)5-8-6-11-7-14-8/h6-7,9,12H,2-5H2,1H3. The number of hydrogen-bond donors (Lipinski definition) is 1. The lowest BCUT2D eigenvalue weighted by atomic mass is 9.93. The number of thiazole rings is 1. The largest absolute Gasteiger partial charge is 0.390 e. The van der Waals surface area contributed by atoms with Gasteiger partial charge in [0.1, 0.15) is 0 Å². The number of ether oxygens (including phenoxy) is 1. The molecule has 1 aliphatic heterocycles. The molecular weight excluding hydrogens is 198 g/mol. The molecule has 78 valence electrons. The molecule has 2 atom stereocenters. The zero-order valence-corrected chi connectivity index (χ0v) is 9.09. The first-order valence-corrected chi connectivity index (χ1v) is 5.78. The second kappa shape index (κ2) is 3.96. The van der Waals surface area contributed by atoms with Crippen molar-refractivity contribution in [3.63, 3.8) is 0 Å². The molecule has 2 rings (SSSR count). The first-order chi connectivity index (χ1) is 6.71. The summed E-state index contributed by atoms with van der Waals surface area (Å²) >= 11 is 1.58. The van der Waals surface area contributed by atoms with E-state index in [1.165, 1.54) is 0 Å². The summed E-state index contributed by atoms with van der Waals surface area (Å²) in [6.45, 7) is 2.77. The van der Waals surface area contributed by atoms with Crippen molar-refractivity contribution in [1.29, 1.82) is 0 Å². The predicted octanol–water partition coefficient (Wildman–Crippen LogP) is 1.62. The van der Waals surface area contributed by atoms with Crippen molar-refractivity contribution in [1.82, 2.24) is 4.98 Å². The van der Waals surface area contributed by atoms with E-state index in [2.05, 4.69) is 4.98 Å². The van der Waals surface area contributed by atoms with Gasteiger partial charge in [-0.3, -0.25) is 4.98 Å². The number of rotatable bonds is 3. The van der Waals surface area contributed by atoms with Gasteiger partial charge in [0, 0.05) is 24.1 Å². The maximum atomic E-state index is 10.0. The van der Waals surface area contributed by atoms with Crippen molar-refractivity contribution in [2.75, 3.05) is 6.61 Å². The van der Waals surface area contributed by atoms with Crippen LogP contribution < -0.4 is 0 Å². The van der Waals surface area contributed by atoms with E-state index in [4.69, 9.17) is 4.74 Å². The summed E-state index contributed by atoms with van der Waals surface area (Å²) in [6, 6.07) is 0. The van der Waals surface area contributed by atoms with Crippen molar-refractivity contribution in [2.24, 2.45) is 0 Å². The first kappa shape index (κ1) is 10.1. The third-order valence-corrected chi connectivity index (χ3v) is 3.63. The molecule has 2 heterocycles. The minimum atomic E-state index is -0.412. The SMILES string of the molecule is CC1(C(O)Cc2cncs2)CCCO1. The van der Waals surface area contributed by atoms with Crippen LogP contribution in [0.2, 0.25) is 0 Å². The number of aromatic nitrogens is 1. The fourth-order valence-corrected chi connectivity index (χ4v) is 2.45. The monoisotopic (exact) mass is 213 g/mol. The lowest BCUT2D eigenvalue weighted by Crippen LogP contribution is -2.39. The molecule has 1 saturated heterocycles. The normalized spacial score (nSPS) is 29.3. The highest BCUT2D eigenvalue weighted by atomic mass is 32.1. The van der Waals surface area contributed by atoms with E-state index in [9.17, 15) is 5.11 Å². The Morgan fingerprint density at radius 3 is 3.21 bits per heavy atom. The van der Waals surface area contributed by atoms with Gasteiger partial charge >= 0.3 is 0 Å². The Morgan fingerprint density at radius 2 is 2.64 bits per heavy atom. The fraction of sp³-hybridized carbons (Fsp3) is 0.700. The van der Waals surface area contributed by atoms with Crippen LogP contribution in [-0.4, -0.2) is 28.4 Å². The molecule has 0 aliphatic carbocycles. The molecule has 14 heavy (non-hydrogen) atoms. The van der Waals surface area contributed by atoms with Crippen molar-refractivity contribution in [3.8, 4) is 0 Å². The van der Waals surface area contributed by atoms with Crippen LogP contribution in [0.15, 0.2) is 11.7 Å². The van der Waals surface area contributed by atoms with Gasteiger partial charge in [0.15, 0.2) is 0 Å². The highest BCUT2D eigenvalue weighted by Gasteiger charge is 2.37. The Hall–Kier alpha value is -0.450. The zero-order valence-electron chi connectivity index (χ0n) is 8.27. The van der Waals surface area contributed by atoms with Crippen LogP contribution in [0.4, 0.5) is 0 Å². The van der Waals surface area contributed by atoms with E-state index < -0.39 is 6.10 Å². The lowest BCUT2D eigenvalue weighted by Gasteiger charge is -2.28. The summed E-state index contributed by atoms with van der Waals surface area (Å²) in [5.41, 5.74) is 1.45. The van der Waals surface area contributed by atoms with Gasteiger partial charge in [-0.25, -0.2) is 0 Å². The van der Waals surface area contributed by atoms with E-state index in [1.807, 2.05) is 13.1 Å². The topological polar surface area (TPSA) is 42.4 Å². The van der Waals surface area contributed by atoms with Gasteiger partial charge in [0.25, 0.3) is 0 Å². The van der Waals surface area contributed by atoms with Gasteiger partial charge in [0.05, 0.1) is 17.2 Å². The number of hydrogen-bond acceptors (Lipinski definition) is 4. The van der Waals surface area contributed by atoms with E-state index in [0.717, 1.165) is 24.3 Å². The van der Waals surface area contributed by atoms with Crippen LogP contribution in [0.5, 0.6) is 0 Å². The second-order valence-corrected chi connectivity index (χ2v) is 4.92. The summed E-state index contributed by atoms with van der Waals surface area (Å²) in [5, 5.41) is 10.0. The lowest BCUT2D eigenvalue weighted by molar-refractivity contribution is -0.0765. The highest BCUT2D eigenvalue weighted by Crippen LogP contribution is 2.30. The second-order valence-electron chi connectivity index (χ2n) is 3.95. The molecule has 0 amide bonds. The van der Waals surface area contributed by atoms with Gasteiger partial charge in [0.2, 0.25) is 0 Å². The Balaban J connectivity index is 1.98. The molecule has 1 aromatic rings. The van der Waals surface area contributed by atoms with E-state index in [-0.39, 0.29) is 5.60 Å². The Morgan fingerprint density at radius 1 is 1.79 bits per heavy atom. The fourth-order valence-electron chi connectivity index (χ4n) is 1.81. The van der Waals surface area contributed by atoms with Crippen LogP contribution in [0, 0.1) is 0 Å². The molecule has 2 unspecified atom stereocenters. The molecule has 0 radical (unpaired) electrons. The zero-order chi connectivity index (χ0) is 10.0. The van der Waals surface area contributed by atoms with Gasteiger partial charge in [-0.15, -0.1) is 11.3 Å². The molecule has 3 nitrogen and oxygen atoms in total. The third-order valence-electron chi connectivity index (χ3n) is 2.83. The van der Waals surface area contributed by atoms with Crippen molar-refractivity contribution in [2.45, 2.75) is 37.9 Å². The Kier molecular flexibility index (Phi) is 2.85. The Labute approximate surface area is 87.7 Å². The third kappa shape index (κ3) is 1.97. The van der Waals surface area contributed by atoms with Crippen LogP contribution in [0.1, 0.15) is 24.6 Å². The van der Waals surface area contributed by atoms with E-state index in [0.29, 0.717) is 6.42 Å². The minimum Gasteiger partial charge on any atom is -0.390 e. The van der Waals surface area contributed by atoms with Crippen LogP contribution in [-0.2, 0) is 11.2 Å². The molecule has 4 heteroatoms. The molecule has 1 aromatic heterocycles. The molecule has 0 aromatic carbocycles. The van der Waals surface area contributed by atoms with Crippen molar-refractivity contribution in [3.05, 3.63) is 16.6 Å². The van der Waals surface area contributed by atoms with Crippen molar-refractivity contribution >= 4 is 11.3 Å². The van der Waals surface area contributed by atoms with E-state index in [1.54, 1.807) is 16.8 Å². The molecule has 0 bridgehead atoms. The maximum Gasteiger partial charge on any atom is 0.0916 e. The summed E-state index contributed by atoms with van der Waals surface area (Å²) in [7, 11) is 0. The average Bonchev–Trinajstić information content (AvgIpc) is 2.76. The molecule has 1 aliphatic rings. The van der Waals surface area contributed by atoms with Crippen molar-refractivity contribution < 1.29 is 9.84 Å². The molecule has 1 fully saturated rings.